The van der Waals surface area contributed by atoms with Crippen LogP contribution in [0.4, 0.5) is 0 Å². The van der Waals surface area contributed by atoms with E-state index in [2.05, 4.69) is 13.2 Å². The van der Waals surface area contributed by atoms with E-state index in [1.54, 1.807) is 24.3 Å². The van der Waals surface area contributed by atoms with Gasteiger partial charge in [0.15, 0.2) is 0 Å². The second-order valence-electron chi connectivity index (χ2n) is 4.86. The molecule has 0 aliphatic heterocycles. The lowest BCUT2D eigenvalue weighted by molar-refractivity contribution is 0.307. The fourth-order valence-corrected chi connectivity index (χ4v) is 2.90. The van der Waals surface area contributed by atoms with Crippen molar-refractivity contribution in [3.05, 3.63) is 83.9 Å². The van der Waals surface area contributed by atoms with Crippen LogP contribution in [0.2, 0.25) is 0 Å². The predicted octanol–water partition coefficient (Wildman–Crippen LogP) is 4.02. The average Bonchev–Trinajstić information content (AvgIpc) is 2.54. The number of hydrogen-bond donors (Lipinski definition) is 0. The van der Waals surface area contributed by atoms with Crippen LogP contribution in [-0.2, 0) is 26.7 Å². The summed E-state index contributed by atoms with van der Waals surface area (Å²) in [7, 11) is -3.61. The molecule has 3 nitrogen and oxygen atoms in total. The molecule has 114 valence electrons. The van der Waals surface area contributed by atoms with Gasteiger partial charge in [-0.2, -0.15) is 8.42 Å². The van der Waals surface area contributed by atoms with Gasteiger partial charge >= 0.3 is 0 Å². The van der Waals surface area contributed by atoms with Crippen molar-refractivity contribution in [2.75, 3.05) is 0 Å². The lowest BCUT2D eigenvalue weighted by Crippen LogP contribution is -2.09. The van der Waals surface area contributed by atoms with E-state index >= 15 is 0 Å². The van der Waals surface area contributed by atoms with Crippen LogP contribution in [0, 0.1) is 0 Å². The zero-order chi connectivity index (χ0) is 16.0. The molecular weight excluding hydrogens is 296 g/mol. The summed E-state index contributed by atoms with van der Waals surface area (Å²) in [5, 5.41) is 0. The minimum atomic E-state index is -3.61. The maximum Gasteiger partial charge on any atom is 0.271 e. The van der Waals surface area contributed by atoms with Gasteiger partial charge in [-0.25, -0.2) is 0 Å². The molecule has 4 heteroatoms. The van der Waals surface area contributed by atoms with Crippen molar-refractivity contribution in [2.45, 2.75) is 12.4 Å². The monoisotopic (exact) mass is 314 g/mol. The van der Waals surface area contributed by atoms with Gasteiger partial charge in [-0.3, -0.25) is 4.18 Å². The Morgan fingerprint density at radius 3 is 1.73 bits per heavy atom. The van der Waals surface area contributed by atoms with E-state index in [1.165, 1.54) is 0 Å². The van der Waals surface area contributed by atoms with Gasteiger partial charge in [0.2, 0.25) is 0 Å². The van der Waals surface area contributed by atoms with Crippen molar-refractivity contribution in [1.82, 2.24) is 0 Å². The summed E-state index contributed by atoms with van der Waals surface area (Å²) >= 11 is 0. The van der Waals surface area contributed by atoms with Gasteiger partial charge in [0.25, 0.3) is 10.1 Å². The molecule has 0 N–H and O–H groups in total. The summed E-state index contributed by atoms with van der Waals surface area (Å²) in [6.45, 7) is 7.37. The van der Waals surface area contributed by atoms with Crippen LogP contribution in [0.15, 0.2) is 61.7 Å². The zero-order valence-electron chi connectivity index (χ0n) is 12.2. The lowest BCUT2D eigenvalue weighted by atomic mass is 10.1. The molecule has 0 heterocycles. The van der Waals surface area contributed by atoms with Gasteiger partial charge in [-0.05, 0) is 22.3 Å². The summed E-state index contributed by atoms with van der Waals surface area (Å²) in [6.07, 6.45) is 3.44. The van der Waals surface area contributed by atoms with Crippen LogP contribution in [0.1, 0.15) is 22.3 Å². The third-order valence-corrected chi connectivity index (χ3v) is 4.34. The van der Waals surface area contributed by atoms with E-state index < -0.39 is 10.1 Å². The predicted molar refractivity (Wildman–Crippen MR) is 90.5 cm³/mol. The van der Waals surface area contributed by atoms with Crippen LogP contribution in [0.25, 0.3) is 12.2 Å². The summed E-state index contributed by atoms with van der Waals surface area (Å²) in [5.74, 6) is -0.144. The van der Waals surface area contributed by atoms with E-state index in [4.69, 9.17) is 4.18 Å². The third kappa shape index (κ3) is 4.69. The number of rotatable bonds is 7. The van der Waals surface area contributed by atoms with Gasteiger partial charge in [-0.15, -0.1) is 0 Å². The smallest absolute Gasteiger partial charge is 0.265 e. The van der Waals surface area contributed by atoms with Gasteiger partial charge < -0.3 is 0 Å². The number of benzene rings is 2. The first-order valence-electron chi connectivity index (χ1n) is 6.82. The molecule has 0 saturated carbocycles. The van der Waals surface area contributed by atoms with Crippen LogP contribution < -0.4 is 0 Å². The standard InChI is InChI=1S/C18H18O3S/c1-3-15-5-9-17(10-6-15)13-21-22(19,20)14-18-11-7-16(4-2)8-12-18/h3-12H,1-2,13-14H2. The average molecular weight is 314 g/mol. The molecule has 0 aliphatic carbocycles. The first kappa shape index (κ1) is 16.2. The molecule has 0 unspecified atom stereocenters. The topological polar surface area (TPSA) is 43.4 Å². The minimum Gasteiger partial charge on any atom is -0.265 e. The van der Waals surface area contributed by atoms with Crippen LogP contribution >= 0.6 is 0 Å². The third-order valence-electron chi connectivity index (χ3n) is 3.18. The van der Waals surface area contributed by atoms with E-state index in [0.717, 1.165) is 16.7 Å². The first-order chi connectivity index (χ1) is 10.5. The summed E-state index contributed by atoms with van der Waals surface area (Å²) in [5.41, 5.74) is 3.42. The maximum absolute atomic E-state index is 12.0. The van der Waals surface area contributed by atoms with Crippen LogP contribution in [0.5, 0.6) is 0 Å². The highest BCUT2D eigenvalue weighted by Crippen LogP contribution is 2.13. The second kappa shape index (κ2) is 7.20. The van der Waals surface area contributed by atoms with Gasteiger partial charge in [0.05, 0.1) is 6.61 Å². The van der Waals surface area contributed by atoms with Crippen molar-refractivity contribution in [1.29, 1.82) is 0 Å². The van der Waals surface area contributed by atoms with E-state index in [9.17, 15) is 8.42 Å². The molecule has 0 fully saturated rings. The largest absolute Gasteiger partial charge is 0.271 e. The molecule has 2 rings (SSSR count). The molecular formula is C18H18O3S. The molecule has 22 heavy (non-hydrogen) atoms. The van der Waals surface area contributed by atoms with Crippen LogP contribution in [0.3, 0.4) is 0 Å². The van der Waals surface area contributed by atoms with Gasteiger partial charge in [0, 0.05) is 0 Å². The van der Waals surface area contributed by atoms with Gasteiger partial charge in [-0.1, -0.05) is 73.8 Å². The molecule has 2 aromatic carbocycles. The second-order valence-corrected chi connectivity index (χ2v) is 6.50. The fourth-order valence-electron chi connectivity index (χ4n) is 1.90. The van der Waals surface area contributed by atoms with E-state index in [1.807, 2.05) is 36.4 Å². The van der Waals surface area contributed by atoms with Crippen molar-refractivity contribution in [2.24, 2.45) is 0 Å². The number of hydrogen-bond acceptors (Lipinski definition) is 3. The Balaban J connectivity index is 1.97. The SMILES string of the molecule is C=Cc1ccc(COS(=O)(=O)Cc2ccc(C=C)cc2)cc1. The Bertz CT molecular complexity index is 742. The Morgan fingerprint density at radius 1 is 0.818 bits per heavy atom. The quantitative estimate of drug-likeness (QED) is 0.725. The molecule has 0 amide bonds. The van der Waals surface area contributed by atoms with E-state index in [-0.39, 0.29) is 12.4 Å². The molecule has 0 bridgehead atoms. The Hall–Kier alpha value is -2.17. The highest BCUT2D eigenvalue weighted by Gasteiger charge is 2.12. The molecule has 2 aromatic rings. The van der Waals surface area contributed by atoms with Gasteiger partial charge in [0.1, 0.15) is 5.75 Å². The van der Waals surface area contributed by atoms with Crippen molar-refractivity contribution in [3.63, 3.8) is 0 Å². The highest BCUT2D eigenvalue weighted by molar-refractivity contribution is 7.85. The Labute approximate surface area is 131 Å². The normalized spacial score (nSPS) is 11.1. The summed E-state index contributed by atoms with van der Waals surface area (Å²) in [4.78, 5) is 0. The lowest BCUT2D eigenvalue weighted by Gasteiger charge is -2.07. The zero-order valence-corrected chi connectivity index (χ0v) is 13.1. The minimum absolute atomic E-state index is 0.0322. The molecule has 0 aromatic heterocycles. The highest BCUT2D eigenvalue weighted by atomic mass is 32.2. The maximum atomic E-state index is 12.0. The summed E-state index contributed by atoms with van der Waals surface area (Å²) < 4.78 is 29.1. The van der Waals surface area contributed by atoms with Crippen molar-refractivity contribution in [3.8, 4) is 0 Å². The van der Waals surface area contributed by atoms with Crippen LogP contribution in [-0.4, -0.2) is 8.42 Å². The molecule has 0 aliphatic rings. The fraction of sp³-hybridized carbons (Fsp3) is 0.111. The Morgan fingerprint density at radius 2 is 1.27 bits per heavy atom. The summed E-state index contributed by atoms with van der Waals surface area (Å²) in [6, 6.07) is 14.6. The molecule has 0 radical (unpaired) electrons. The first-order valence-corrected chi connectivity index (χ1v) is 8.40. The Kier molecular flexibility index (Phi) is 5.31. The van der Waals surface area contributed by atoms with E-state index in [0.29, 0.717) is 5.56 Å². The molecule has 0 spiro atoms. The van der Waals surface area contributed by atoms with Crippen molar-refractivity contribution < 1.29 is 12.6 Å². The molecule has 0 atom stereocenters. The molecule has 0 saturated heterocycles. The van der Waals surface area contributed by atoms with Crippen molar-refractivity contribution >= 4 is 22.3 Å².